The third kappa shape index (κ3) is 5.11. The normalized spacial score (nSPS) is 24.4. The summed E-state index contributed by atoms with van der Waals surface area (Å²) in [5.74, 6) is 0.421. The molecule has 0 aliphatic heterocycles. The van der Waals surface area contributed by atoms with Crippen LogP contribution < -0.4 is 15.0 Å². The number of hydrogen-bond donors (Lipinski definition) is 3. The minimum atomic E-state index is -4.61. The molecule has 164 valence electrons. The monoisotopic (exact) mass is 426 g/mol. The van der Waals surface area contributed by atoms with Crippen LogP contribution in [-0.4, -0.2) is 59.1 Å². The summed E-state index contributed by atoms with van der Waals surface area (Å²) in [6, 6.07) is 6.87. The smallest absolute Gasteiger partial charge is 0.434 e. The van der Waals surface area contributed by atoms with Gasteiger partial charge in [-0.05, 0) is 25.0 Å². The summed E-state index contributed by atoms with van der Waals surface area (Å²) < 4.78 is 43.7. The third-order valence-electron chi connectivity index (χ3n) is 5.35. The summed E-state index contributed by atoms with van der Waals surface area (Å²) in [4.78, 5) is 9.03. The van der Waals surface area contributed by atoms with Gasteiger partial charge in [0, 0.05) is 31.3 Å². The van der Waals surface area contributed by atoms with E-state index in [2.05, 4.69) is 15.3 Å². The second-order valence-corrected chi connectivity index (χ2v) is 7.44. The second-order valence-electron chi connectivity index (χ2n) is 7.44. The molecule has 1 heterocycles. The SMILES string of the molecule is COc1cccc(N(C)CC2CC[C@H](Nc3cncc(C(F)(F)F)n3)[C@@H](O)[C@H]2O)c1. The van der Waals surface area contributed by atoms with E-state index in [9.17, 15) is 23.4 Å². The Bertz CT molecular complexity index is 852. The number of nitrogens with zero attached hydrogens (tertiary/aromatic N) is 3. The molecule has 0 spiro atoms. The molecule has 0 saturated heterocycles. The maximum absolute atomic E-state index is 12.8. The first-order chi connectivity index (χ1) is 14.2. The van der Waals surface area contributed by atoms with Gasteiger partial charge in [0.2, 0.25) is 0 Å². The maximum atomic E-state index is 12.8. The zero-order valence-corrected chi connectivity index (χ0v) is 16.7. The number of hydrogen-bond acceptors (Lipinski definition) is 7. The number of ether oxygens (including phenoxy) is 1. The molecule has 1 fully saturated rings. The highest BCUT2D eigenvalue weighted by molar-refractivity contribution is 5.50. The molecule has 1 aliphatic rings. The molecule has 0 radical (unpaired) electrons. The van der Waals surface area contributed by atoms with Crippen LogP contribution in [0.5, 0.6) is 5.75 Å². The number of alkyl halides is 3. The molecular weight excluding hydrogens is 401 g/mol. The molecule has 4 atom stereocenters. The highest BCUT2D eigenvalue weighted by Crippen LogP contribution is 2.31. The first-order valence-electron chi connectivity index (χ1n) is 9.56. The van der Waals surface area contributed by atoms with Crippen LogP contribution in [0.1, 0.15) is 18.5 Å². The van der Waals surface area contributed by atoms with Gasteiger partial charge in [-0.1, -0.05) is 6.07 Å². The van der Waals surface area contributed by atoms with Gasteiger partial charge in [0.1, 0.15) is 17.7 Å². The topological polar surface area (TPSA) is 90.7 Å². The number of anilines is 2. The lowest BCUT2D eigenvalue weighted by atomic mass is 9.81. The fraction of sp³-hybridized carbons (Fsp3) is 0.500. The van der Waals surface area contributed by atoms with Gasteiger partial charge in [0.05, 0.1) is 31.6 Å². The van der Waals surface area contributed by atoms with E-state index in [1.54, 1.807) is 7.11 Å². The van der Waals surface area contributed by atoms with E-state index in [1.807, 2.05) is 36.2 Å². The van der Waals surface area contributed by atoms with Crippen molar-refractivity contribution < 1.29 is 28.1 Å². The average molecular weight is 426 g/mol. The Labute approximate surface area is 172 Å². The predicted octanol–water partition coefficient (Wildman–Crippen LogP) is 2.55. The Morgan fingerprint density at radius 2 is 1.97 bits per heavy atom. The van der Waals surface area contributed by atoms with Crippen LogP contribution in [0.2, 0.25) is 0 Å². The first kappa shape index (κ1) is 22.1. The van der Waals surface area contributed by atoms with E-state index < -0.39 is 30.1 Å². The van der Waals surface area contributed by atoms with Crippen LogP contribution in [0, 0.1) is 5.92 Å². The van der Waals surface area contributed by atoms with E-state index in [4.69, 9.17) is 4.74 Å². The summed E-state index contributed by atoms with van der Waals surface area (Å²) in [5, 5.41) is 23.9. The molecule has 0 bridgehead atoms. The number of aromatic nitrogens is 2. The molecule has 1 aliphatic carbocycles. The number of nitrogens with one attached hydrogen (secondary N) is 1. The van der Waals surface area contributed by atoms with Crippen molar-refractivity contribution in [2.24, 2.45) is 5.92 Å². The third-order valence-corrected chi connectivity index (χ3v) is 5.35. The fourth-order valence-electron chi connectivity index (χ4n) is 3.68. The van der Waals surface area contributed by atoms with Crippen molar-refractivity contribution in [1.82, 2.24) is 9.97 Å². The summed E-state index contributed by atoms with van der Waals surface area (Å²) in [7, 11) is 3.47. The molecule has 10 heteroatoms. The lowest BCUT2D eigenvalue weighted by Gasteiger charge is -2.39. The first-order valence-corrected chi connectivity index (χ1v) is 9.56. The Balaban J connectivity index is 1.62. The van der Waals surface area contributed by atoms with Crippen LogP contribution in [-0.2, 0) is 6.18 Å². The Morgan fingerprint density at radius 3 is 2.67 bits per heavy atom. The van der Waals surface area contributed by atoms with Crippen LogP contribution in [0.3, 0.4) is 0 Å². The molecule has 30 heavy (non-hydrogen) atoms. The number of methoxy groups -OCH3 is 1. The molecular formula is C20H25F3N4O3. The largest absolute Gasteiger partial charge is 0.497 e. The second kappa shape index (κ2) is 9.05. The van der Waals surface area contributed by atoms with E-state index >= 15 is 0 Å². The van der Waals surface area contributed by atoms with Crippen molar-refractivity contribution in [3.8, 4) is 5.75 Å². The molecule has 3 rings (SSSR count). The van der Waals surface area contributed by atoms with E-state index in [0.29, 0.717) is 25.6 Å². The van der Waals surface area contributed by atoms with Crippen molar-refractivity contribution in [1.29, 1.82) is 0 Å². The van der Waals surface area contributed by atoms with E-state index in [0.717, 1.165) is 17.6 Å². The van der Waals surface area contributed by atoms with Crippen LogP contribution >= 0.6 is 0 Å². The maximum Gasteiger partial charge on any atom is 0.434 e. The van der Waals surface area contributed by atoms with Crippen molar-refractivity contribution in [2.45, 2.75) is 37.3 Å². The van der Waals surface area contributed by atoms with Gasteiger partial charge in [-0.2, -0.15) is 13.2 Å². The zero-order chi connectivity index (χ0) is 21.9. The molecule has 7 nitrogen and oxygen atoms in total. The quantitative estimate of drug-likeness (QED) is 0.654. The number of benzene rings is 1. The summed E-state index contributed by atoms with van der Waals surface area (Å²) in [6.45, 7) is 0.501. The highest BCUT2D eigenvalue weighted by atomic mass is 19.4. The van der Waals surface area contributed by atoms with Gasteiger partial charge >= 0.3 is 6.18 Å². The predicted molar refractivity (Wildman–Crippen MR) is 105 cm³/mol. The van der Waals surface area contributed by atoms with Gasteiger partial charge in [0.15, 0.2) is 5.69 Å². The summed E-state index contributed by atoms with van der Waals surface area (Å²) >= 11 is 0. The fourth-order valence-corrected chi connectivity index (χ4v) is 3.68. The van der Waals surface area contributed by atoms with Gasteiger partial charge < -0.3 is 25.2 Å². The Kier molecular flexibility index (Phi) is 6.67. The summed E-state index contributed by atoms with van der Waals surface area (Å²) in [6.07, 6.45) is -3.95. The average Bonchev–Trinajstić information content (AvgIpc) is 2.73. The van der Waals surface area contributed by atoms with E-state index in [1.165, 1.54) is 0 Å². The van der Waals surface area contributed by atoms with Crippen LogP contribution in [0.4, 0.5) is 24.7 Å². The Morgan fingerprint density at radius 1 is 1.20 bits per heavy atom. The number of rotatable bonds is 6. The van der Waals surface area contributed by atoms with Crippen LogP contribution in [0.25, 0.3) is 0 Å². The molecule has 2 aromatic rings. The Hall–Kier alpha value is -2.59. The molecule has 1 aromatic carbocycles. The molecule has 0 amide bonds. The van der Waals surface area contributed by atoms with Crippen molar-refractivity contribution in [3.63, 3.8) is 0 Å². The molecule has 3 N–H and O–H groups in total. The lowest BCUT2D eigenvalue weighted by molar-refractivity contribution is -0.141. The van der Waals surface area contributed by atoms with Gasteiger partial charge in [-0.3, -0.25) is 4.98 Å². The van der Waals surface area contributed by atoms with Gasteiger partial charge in [-0.25, -0.2) is 4.98 Å². The standard InChI is InChI=1S/C20H25F3N4O3/c1-27(13-4-3-5-14(8-13)30-2)11-12-6-7-15(19(29)18(12)28)25-17-10-24-9-16(26-17)20(21,22)23/h3-5,8-10,12,15,18-19,28-29H,6-7,11H2,1-2H3,(H,25,26)/t12?,15-,18-,19+/m0/s1. The minimum Gasteiger partial charge on any atom is -0.497 e. The van der Waals surface area contributed by atoms with Gasteiger partial charge in [-0.15, -0.1) is 0 Å². The highest BCUT2D eigenvalue weighted by Gasteiger charge is 2.38. The van der Waals surface area contributed by atoms with Crippen LogP contribution in [0.15, 0.2) is 36.7 Å². The molecule has 1 aromatic heterocycles. The molecule has 1 saturated carbocycles. The number of halogens is 3. The number of aliphatic hydroxyl groups is 2. The van der Waals surface area contributed by atoms with Crippen molar-refractivity contribution in [2.75, 3.05) is 30.9 Å². The minimum absolute atomic E-state index is 0.0898. The van der Waals surface area contributed by atoms with E-state index in [-0.39, 0.29) is 11.7 Å². The van der Waals surface area contributed by atoms with Crippen molar-refractivity contribution >= 4 is 11.5 Å². The van der Waals surface area contributed by atoms with Crippen molar-refractivity contribution in [3.05, 3.63) is 42.4 Å². The number of aliphatic hydroxyl groups excluding tert-OH is 2. The zero-order valence-electron chi connectivity index (χ0n) is 16.7. The molecule has 1 unspecified atom stereocenters. The van der Waals surface area contributed by atoms with Gasteiger partial charge in [0.25, 0.3) is 0 Å². The summed E-state index contributed by atoms with van der Waals surface area (Å²) in [5.41, 5.74) is -0.202. The lowest BCUT2D eigenvalue weighted by Crippen LogP contribution is -2.52.